The van der Waals surface area contributed by atoms with E-state index in [4.69, 9.17) is 5.26 Å². The molecule has 0 saturated carbocycles. The molecule has 1 saturated heterocycles. The maximum absolute atomic E-state index is 13.2. The van der Waals surface area contributed by atoms with Crippen LogP contribution in [-0.4, -0.2) is 34.8 Å². The van der Waals surface area contributed by atoms with Crippen molar-refractivity contribution in [2.24, 2.45) is 5.92 Å². The minimum atomic E-state index is -0.264. The lowest BCUT2D eigenvalue weighted by Crippen LogP contribution is -2.45. The van der Waals surface area contributed by atoms with Gasteiger partial charge in [0.15, 0.2) is 0 Å². The van der Waals surface area contributed by atoms with Crippen LogP contribution in [0.25, 0.3) is 0 Å². The fraction of sp³-hybridized carbons (Fsp3) is 0.391. The molecule has 0 aliphatic carbocycles. The van der Waals surface area contributed by atoms with Gasteiger partial charge in [-0.3, -0.25) is 9.69 Å². The molecule has 1 heterocycles. The summed E-state index contributed by atoms with van der Waals surface area (Å²) in [6, 6.07) is 16.2. The van der Waals surface area contributed by atoms with Crippen molar-refractivity contribution in [2.45, 2.75) is 39.4 Å². The van der Waals surface area contributed by atoms with Gasteiger partial charge in [0.1, 0.15) is 5.82 Å². The first-order chi connectivity index (χ1) is 13.5. The summed E-state index contributed by atoms with van der Waals surface area (Å²) in [5.74, 6) is 0.191. The van der Waals surface area contributed by atoms with Crippen LogP contribution in [-0.2, 0) is 17.9 Å². The Morgan fingerprint density at radius 2 is 1.68 bits per heavy atom. The van der Waals surface area contributed by atoms with Gasteiger partial charge in [0, 0.05) is 38.6 Å². The molecule has 0 N–H and O–H groups in total. The van der Waals surface area contributed by atoms with Gasteiger partial charge in [0.2, 0.25) is 5.91 Å². The van der Waals surface area contributed by atoms with Gasteiger partial charge in [-0.15, -0.1) is 0 Å². The lowest BCUT2D eigenvalue weighted by Gasteiger charge is -2.35. The summed E-state index contributed by atoms with van der Waals surface area (Å²) in [5, 5.41) is 8.95. The summed E-state index contributed by atoms with van der Waals surface area (Å²) in [4.78, 5) is 17.1. The number of hydrogen-bond acceptors (Lipinski definition) is 3. The van der Waals surface area contributed by atoms with Crippen molar-refractivity contribution < 1.29 is 9.18 Å². The number of benzene rings is 2. The molecule has 1 aliphatic heterocycles. The zero-order valence-corrected chi connectivity index (χ0v) is 16.4. The molecule has 0 spiro atoms. The number of carbonyl (C=O) groups excluding carboxylic acids is 1. The molecule has 5 heteroatoms. The average molecular weight is 379 g/mol. The van der Waals surface area contributed by atoms with E-state index in [-0.39, 0.29) is 17.8 Å². The monoisotopic (exact) mass is 379 g/mol. The Labute approximate surface area is 166 Å². The number of halogens is 1. The fourth-order valence-electron chi connectivity index (χ4n) is 3.69. The predicted octanol–water partition coefficient (Wildman–Crippen LogP) is 3.96. The molecule has 0 aromatic heterocycles. The number of carbonyl (C=O) groups is 1. The third-order valence-corrected chi connectivity index (χ3v) is 5.33. The van der Waals surface area contributed by atoms with Gasteiger partial charge in [-0.25, -0.2) is 4.39 Å². The van der Waals surface area contributed by atoms with Gasteiger partial charge in [-0.05, 0) is 41.3 Å². The van der Waals surface area contributed by atoms with E-state index in [9.17, 15) is 9.18 Å². The minimum absolute atomic E-state index is 0.0958. The Morgan fingerprint density at radius 3 is 2.29 bits per heavy atom. The lowest BCUT2D eigenvalue weighted by molar-refractivity contribution is -0.134. The molecule has 0 unspecified atom stereocenters. The van der Waals surface area contributed by atoms with Crippen LogP contribution in [0.5, 0.6) is 0 Å². The van der Waals surface area contributed by atoms with Crippen molar-refractivity contribution in [2.75, 3.05) is 13.1 Å². The molecule has 28 heavy (non-hydrogen) atoms. The first-order valence-corrected chi connectivity index (χ1v) is 9.71. The smallest absolute Gasteiger partial charge is 0.224 e. The first-order valence-electron chi connectivity index (χ1n) is 9.71. The molecule has 146 valence electrons. The van der Waals surface area contributed by atoms with Crippen molar-refractivity contribution in [3.8, 4) is 6.07 Å². The second kappa shape index (κ2) is 8.99. The molecule has 1 fully saturated rings. The molecule has 1 amide bonds. The summed E-state index contributed by atoms with van der Waals surface area (Å²) >= 11 is 0. The highest BCUT2D eigenvalue weighted by Crippen LogP contribution is 2.22. The van der Waals surface area contributed by atoms with Gasteiger partial charge < -0.3 is 4.90 Å². The highest BCUT2D eigenvalue weighted by atomic mass is 19.1. The number of nitrogens with zero attached hydrogens (tertiary/aromatic N) is 3. The van der Waals surface area contributed by atoms with E-state index in [0.29, 0.717) is 31.0 Å². The van der Waals surface area contributed by atoms with E-state index in [1.807, 2.05) is 29.2 Å². The van der Waals surface area contributed by atoms with Crippen LogP contribution in [0.3, 0.4) is 0 Å². The molecule has 4 nitrogen and oxygen atoms in total. The summed E-state index contributed by atoms with van der Waals surface area (Å²) < 4.78 is 13.2. The Balaban J connectivity index is 1.75. The van der Waals surface area contributed by atoms with Crippen LogP contribution in [0.4, 0.5) is 4.39 Å². The molecule has 0 radical (unpaired) electrons. The van der Waals surface area contributed by atoms with E-state index in [0.717, 1.165) is 24.2 Å². The molecule has 0 bridgehead atoms. The van der Waals surface area contributed by atoms with E-state index >= 15 is 0 Å². The van der Waals surface area contributed by atoms with E-state index in [2.05, 4.69) is 24.8 Å². The van der Waals surface area contributed by atoms with E-state index in [1.54, 1.807) is 12.1 Å². The van der Waals surface area contributed by atoms with Crippen LogP contribution in [0.2, 0.25) is 0 Å². The van der Waals surface area contributed by atoms with Crippen molar-refractivity contribution in [1.29, 1.82) is 5.26 Å². The highest BCUT2D eigenvalue weighted by molar-refractivity contribution is 5.77. The number of nitriles is 1. The quantitative estimate of drug-likeness (QED) is 0.790. The van der Waals surface area contributed by atoms with Crippen LogP contribution >= 0.6 is 0 Å². The normalized spacial score (nSPS) is 18.2. The summed E-state index contributed by atoms with van der Waals surface area (Å²) in [7, 11) is 0. The van der Waals surface area contributed by atoms with Gasteiger partial charge >= 0.3 is 0 Å². The van der Waals surface area contributed by atoms with Gasteiger partial charge in [-0.2, -0.15) is 5.26 Å². The molecular formula is C23H26FN3O. The second-order valence-electron chi connectivity index (χ2n) is 7.75. The Kier molecular flexibility index (Phi) is 6.43. The van der Waals surface area contributed by atoms with Gasteiger partial charge in [0.25, 0.3) is 0 Å². The maximum Gasteiger partial charge on any atom is 0.224 e. The largest absolute Gasteiger partial charge is 0.334 e. The van der Waals surface area contributed by atoms with Gasteiger partial charge in [0.05, 0.1) is 11.6 Å². The van der Waals surface area contributed by atoms with Crippen LogP contribution in [0.15, 0.2) is 48.5 Å². The van der Waals surface area contributed by atoms with Crippen molar-refractivity contribution >= 4 is 5.91 Å². The van der Waals surface area contributed by atoms with Crippen molar-refractivity contribution in [3.05, 3.63) is 71.0 Å². The Morgan fingerprint density at radius 1 is 1.07 bits per heavy atom. The molecular weight excluding hydrogens is 353 g/mol. The van der Waals surface area contributed by atoms with Crippen molar-refractivity contribution in [1.82, 2.24) is 9.80 Å². The lowest BCUT2D eigenvalue weighted by atomic mass is 10.0. The fourth-order valence-corrected chi connectivity index (χ4v) is 3.69. The van der Waals surface area contributed by atoms with Crippen LogP contribution in [0, 0.1) is 23.1 Å². The molecule has 1 aliphatic rings. The van der Waals surface area contributed by atoms with Gasteiger partial charge in [-0.1, -0.05) is 38.1 Å². The molecule has 3 rings (SSSR count). The first kappa shape index (κ1) is 20.0. The Hall–Kier alpha value is -2.71. The maximum atomic E-state index is 13.2. The predicted molar refractivity (Wildman–Crippen MR) is 107 cm³/mol. The number of rotatable bonds is 5. The van der Waals surface area contributed by atoms with E-state index in [1.165, 1.54) is 12.1 Å². The summed E-state index contributed by atoms with van der Waals surface area (Å²) in [5.41, 5.74) is 2.74. The molecule has 1 atom stereocenters. The number of amides is 1. The minimum Gasteiger partial charge on any atom is -0.334 e. The Bertz CT molecular complexity index is 840. The van der Waals surface area contributed by atoms with Crippen LogP contribution < -0.4 is 0 Å². The zero-order valence-electron chi connectivity index (χ0n) is 16.4. The standard InChI is InChI=1S/C23H26FN3O/c1-17(2)22-16-26(14-19-5-3-18(13-25)4-6-19)12-11-23(28)27(22)15-20-7-9-21(24)10-8-20/h3-10,17,22H,11-12,14-16H2,1-2H3/t22-/m1/s1. The average Bonchev–Trinajstić information content (AvgIpc) is 2.84. The second-order valence-corrected chi connectivity index (χ2v) is 7.75. The third kappa shape index (κ3) is 4.96. The van der Waals surface area contributed by atoms with Crippen LogP contribution in [0.1, 0.15) is 37.0 Å². The summed E-state index contributed by atoms with van der Waals surface area (Å²) in [6.07, 6.45) is 0.473. The topological polar surface area (TPSA) is 47.3 Å². The van der Waals surface area contributed by atoms with E-state index < -0.39 is 0 Å². The number of hydrogen-bond donors (Lipinski definition) is 0. The van der Waals surface area contributed by atoms with Crippen molar-refractivity contribution in [3.63, 3.8) is 0 Å². The SMILES string of the molecule is CC(C)[C@H]1CN(Cc2ccc(C#N)cc2)CCC(=O)N1Cc1ccc(F)cc1. The third-order valence-electron chi connectivity index (χ3n) is 5.33. The summed E-state index contributed by atoms with van der Waals surface area (Å²) in [6.45, 7) is 7.05. The zero-order chi connectivity index (χ0) is 20.1. The highest BCUT2D eigenvalue weighted by Gasteiger charge is 2.31. The molecule has 2 aromatic rings. The molecule has 2 aromatic carbocycles.